The van der Waals surface area contributed by atoms with Gasteiger partial charge in [-0.2, -0.15) is 0 Å². The fourth-order valence-electron chi connectivity index (χ4n) is 1.14. The van der Waals surface area contributed by atoms with E-state index < -0.39 is 6.10 Å². The molecular weight excluding hydrogens is 266 g/mol. The molecule has 0 aromatic carbocycles. The summed E-state index contributed by atoms with van der Waals surface area (Å²) < 4.78 is 5.92. The van der Waals surface area contributed by atoms with Gasteiger partial charge in [-0.15, -0.1) is 11.3 Å². The summed E-state index contributed by atoms with van der Waals surface area (Å²) in [5.74, 6) is 0.496. The standard InChI is InChI=1S/C9H8BrNO2S/c1-5-11-7(4-14-5)8(12)9-6(10)2-3-13-9/h2-4,8,12H,1H3. The molecule has 0 radical (unpaired) electrons. The van der Waals surface area contributed by atoms with Crippen LogP contribution in [-0.4, -0.2) is 10.1 Å². The summed E-state index contributed by atoms with van der Waals surface area (Å²) in [4.78, 5) is 4.20. The van der Waals surface area contributed by atoms with E-state index in [1.165, 1.54) is 17.6 Å². The summed E-state index contributed by atoms with van der Waals surface area (Å²) in [6, 6.07) is 1.75. The molecule has 3 nitrogen and oxygen atoms in total. The molecule has 0 aliphatic carbocycles. The fourth-order valence-corrected chi connectivity index (χ4v) is 2.19. The minimum absolute atomic E-state index is 0.496. The Labute approximate surface area is 93.5 Å². The quantitative estimate of drug-likeness (QED) is 0.915. The van der Waals surface area contributed by atoms with Crippen LogP contribution in [0.4, 0.5) is 0 Å². The molecule has 0 aliphatic heterocycles. The van der Waals surface area contributed by atoms with Crippen LogP contribution >= 0.6 is 27.3 Å². The van der Waals surface area contributed by atoms with E-state index in [1.807, 2.05) is 12.3 Å². The van der Waals surface area contributed by atoms with Crippen molar-refractivity contribution < 1.29 is 9.52 Å². The average Bonchev–Trinajstić information content (AvgIpc) is 2.73. The summed E-state index contributed by atoms with van der Waals surface area (Å²) in [5, 5.41) is 12.7. The molecule has 2 rings (SSSR count). The summed E-state index contributed by atoms with van der Waals surface area (Å²) >= 11 is 4.80. The molecule has 74 valence electrons. The number of aliphatic hydroxyl groups is 1. The van der Waals surface area contributed by atoms with Gasteiger partial charge >= 0.3 is 0 Å². The van der Waals surface area contributed by atoms with Crippen molar-refractivity contribution in [1.82, 2.24) is 4.98 Å². The molecular formula is C9H8BrNO2S. The lowest BCUT2D eigenvalue weighted by Gasteiger charge is -2.04. The number of rotatable bonds is 2. The number of halogens is 1. The van der Waals surface area contributed by atoms with Crippen LogP contribution in [0.15, 0.2) is 26.6 Å². The second-order valence-electron chi connectivity index (χ2n) is 2.83. The molecule has 14 heavy (non-hydrogen) atoms. The van der Waals surface area contributed by atoms with Crippen molar-refractivity contribution in [2.75, 3.05) is 0 Å². The minimum atomic E-state index is -0.788. The van der Waals surface area contributed by atoms with E-state index in [0.29, 0.717) is 11.5 Å². The van der Waals surface area contributed by atoms with Crippen LogP contribution in [0.25, 0.3) is 0 Å². The van der Waals surface area contributed by atoms with Crippen LogP contribution in [0.3, 0.4) is 0 Å². The molecule has 1 atom stereocenters. The van der Waals surface area contributed by atoms with Crippen molar-refractivity contribution in [2.45, 2.75) is 13.0 Å². The topological polar surface area (TPSA) is 46.3 Å². The van der Waals surface area contributed by atoms with Gasteiger partial charge in [0.25, 0.3) is 0 Å². The third kappa shape index (κ3) is 1.75. The van der Waals surface area contributed by atoms with Crippen molar-refractivity contribution in [3.05, 3.63) is 38.6 Å². The molecule has 0 saturated heterocycles. The maximum atomic E-state index is 9.90. The zero-order valence-corrected chi connectivity index (χ0v) is 9.80. The number of thiazole rings is 1. The van der Waals surface area contributed by atoms with Gasteiger partial charge < -0.3 is 9.52 Å². The van der Waals surface area contributed by atoms with Crippen LogP contribution in [0.1, 0.15) is 22.6 Å². The zero-order valence-electron chi connectivity index (χ0n) is 7.40. The number of aromatic nitrogens is 1. The third-order valence-electron chi connectivity index (χ3n) is 1.81. The monoisotopic (exact) mass is 273 g/mol. The second-order valence-corrected chi connectivity index (χ2v) is 4.74. The smallest absolute Gasteiger partial charge is 0.155 e. The highest BCUT2D eigenvalue weighted by atomic mass is 79.9. The van der Waals surface area contributed by atoms with Gasteiger partial charge in [-0.1, -0.05) is 0 Å². The van der Waals surface area contributed by atoms with Crippen molar-refractivity contribution in [1.29, 1.82) is 0 Å². The van der Waals surface area contributed by atoms with Crippen molar-refractivity contribution in [3.8, 4) is 0 Å². The highest BCUT2D eigenvalue weighted by Crippen LogP contribution is 2.29. The Morgan fingerprint density at radius 3 is 2.93 bits per heavy atom. The molecule has 0 amide bonds. The number of hydrogen-bond donors (Lipinski definition) is 1. The zero-order chi connectivity index (χ0) is 10.1. The lowest BCUT2D eigenvalue weighted by molar-refractivity contribution is 0.184. The normalized spacial score (nSPS) is 13.1. The summed E-state index contributed by atoms with van der Waals surface area (Å²) in [7, 11) is 0. The Kier molecular flexibility index (Phi) is 2.71. The number of aliphatic hydroxyl groups excluding tert-OH is 1. The van der Waals surface area contributed by atoms with Crippen LogP contribution in [0, 0.1) is 6.92 Å². The van der Waals surface area contributed by atoms with Gasteiger partial charge in [-0.05, 0) is 28.9 Å². The highest BCUT2D eigenvalue weighted by Gasteiger charge is 2.19. The van der Waals surface area contributed by atoms with E-state index in [-0.39, 0.29) is 0 Å². The van der Waals surface area contributed by atoms with Gasteiger partial charge in [0.2, 0.25) is 0 Å². The first-order chi connectivity index (χ1) is 6.68. The molecule has 2 aromatic heterocycles. The van der Waals surface area contributed by atoms with Crippen LogP contribution in [-0.2, 0) is 0 Å². The highest BCUT2D eigenvalue weighted by molar-refractivity contribution is 9.10. The summed E-state index contributed by atoms with van der Waals surface area (Å²) in [5.41, 5.74) is 0.628. The lowest BCUT2D eigenvalue weighted by Crippen LogP contribution is -1.99. The Hall–Kier alpha value is -0.650. The van der Waals surface area contributed by atoms with Crippen LogP contribution in [0.5, 0.6) is 0 Å². The van der Waals surface area contributed by atoms with Gasteiger partial charge in [0.15, 0.2) is 11.9 Å². The van der Waals surface area contributed by atoms with Gasteiger partial charge in [-0.3, -0.25) is 0 Å². The predicted octanol–water partition coefficient (Wildman–Crippen LogP) is 2.89. The van der Waals surface area contributed by atoms with E-state index in [9.17, 15) is 5.11 Å². The molecule has 0 bridgehead atoms. The molecule has 2 aromatic rings. The van der Waals surface area contributed by atoms with E-state index >= 15 is 0 Å². The molecule has 0 spiro atoms. The largest absolute Gasteiger partial charge is 0.465 e. The first kappa shape index (κ1) is 9.89. The van der Waals surface area contributed by atoms with Crippen LogP contribution < -0.4 is 0 Å². The molecule has 0 fully saturated rings. The van der Waals surface area contributed by atoms with Crippen LogP contribution in [0.2, 0.25) is 0 Å². The first-order valence-electron chi connectivity index (χ1n) is 4.01. The Balaban J connectivity index is 2.33. The molecule has 0 aliphatic rings. The number of aryl methyl sites for hydroxylation is 1. The number of furan rings is 1. The Bertz CT molecular complexity index is 437. The molecule has 2 heterocycles. The van der Waals surface area contributed by atoms with E-state index in [2.05, 4.69) is 20.9 Å². The van der Waals surface area contributed by atoms with Gasteiger partial charge in [-0.25, -0.2) is 4.98 Å². The maximum Gasteiger partial charge on any atom is 0.155 e. The van der Waals surface area contributed by atoms with Gasteiger partial charge in [0.05, 0.1) is 21.4 Å². The second kappa shape index (κ2) is 3.84. The molecule has 1 unspecified atom stereocenters. The lowest BCUT2D eigenvalue weighted by atomic mass is 10.2. The number of hydrogen-bond acceptors (Lipinski definition) is 4. The van der Waals surface area contributed by atoms with Crippen molar-refractivity contribution in [3.63, 3.8) is 0 Å². The summed E-state index contributed by atoms with van der Waals surface area (Å²) in [6.07, 6.45) is 0.742. The third-order valence-corrected chi connectivity index (χ3v) is 3.26. The Morgan fingerprint density at radius 1 is 1.64 bits per heavy atom. The molecule has 0 saturated carbocycles. The maximum absolute atomic E-state index is 9.90. The average molecular weight is 274 g/mol. The first-order valence-corrected chi connectivity index (χ1v) is 5.68. The van der Waals surface area contributed by atoms with Crippen molar-refractivity contribution in [2.24, 2.45) is 0 Å². The van der Waals surface area contributed by atoms with E-state index in [4.69, 9.17) is 4.42 Å². The minimum Gasteiger partial charge on any atom is -0.465 e. The predicted molar refractivity (Wildman–Crippen MR) is 57.3 cm³/mol. The summed E-state index contributed by atoms with van der Waals surface area (Å²) in [6.45, 7) is 1.90. The van der Waals surface area contributed by atoms with Crippen molar-refractivity contribution >= 4 is 27.3 Å². The van der Waals surface area contributed by atoms with E-state index in [0.717, 1.165) is 9.48 Å². The molecule has 5 heteroatoms. The van der Waals surface area contributed by atoms with E-state index in [1.54, 1.807) is 6.07 Å². The number of nitrogens with zero attached hydrogens (tertiary/aromatic N) is 1. The van der Waals surface area contributed by atoms with Gasteiger partial charge in [0, 0.05) is 5.38 Å². The fraction of sp³-hybridized carbons (Fsp3) is 0.222. The SMILES string of the molecule is Cc1nc(C(O)c2occc2Br)cs1. The van der Waals surface area contributed by atoms with Gasteiger partial charge in [0.1, 0.15) is 0 Å². The Morgan fingerprint density at radius 2 is 2.43 bits per heavy atom. The molecule has 1 N–H and O–H groups in total.